The molecule has 1 saturated carbocycles. The van der Waals surface area contributed by atoms with Gasteiger partial charge in [0.05, 0.1) is 6.54 Å². The highest BCUT2D eigenvalue weighted by atomic mass is 16.2. The third-order valence-electron chi connectivity index (χ3n) is 5.78. The lowest BCUT2D eigenvalue weighted by atomic mass is 10.1. The quantitative estimate of drug-likeness (QED) is 0.358. The van der Waals surface area contributed by atoms with Gasteiger partial charge in [0.15, 0.2) is 0 Å². The Kier molecular flexibility index (Phi) is 6.11. The lowest BCUT2D eigenvalue weighted by Gasteiger charge is -2.21. The van der Waals surface area contributed by atoms with Gasteiger partial charge in [-0.3, -0.25) is 14.5 Å². The third-order valence-corrected chi connectivity index (χ3v) is 5.78. The number of hydrogen-bond donors (Lipinski definition) is 0. The van der Waals surface area contributed by atoms with Crippen LogP contribution in [0.25, 0.3) is 17.3 Å². The van der Waals surface area contributed by atoms with Crippen molar-refractivity contribution < 1.29 is 4.79 Å². The molecule has 33 heavy (non-hydrogen) atoms. The van der Waals surface area contributed by atoms with Crippen LogP contribution in [0, 0.1) is 0 Å². The van der Waals surface area contributed by atoms with E-state index in [-0.39, 0.29) is 5.91 Å². The molecule has 164 valence electrons. The molecule has 2 heterocycles. The molecule has 0 N–H and O–H groups in total. The lowest BCUT2D eigenvalue weighted by Crippen LogP contribution is -2.31. The summed E-state index contributed by atoms with van der Waals surface area (Å²) < 4.78 is 1.92. The summed E-state index contributed by atoms with van der Waals surface area (Å²) in [6.07, 6.45) is 11.3. The second-order valence-electron chi connectivity index (χ2n) is 8.37. The first-order valence-electron chi connectivity index (χ1n) is 11.3. The van der Waals surface area contributed by atoms with Crippen molar-refractivity contribution >= 4 is 12.0 Å². The molecule has 0 unspecified atom stereocenters. The van der Waals surface area contributed by atoms with Gasteiger partial charge in [0.2, 0.25) is 5.91 Å². The standard InChI is InChI=1S/C28H26N4O/c33-27(32(26-14-15-26)20-23-10-5-2-6-11-23)16-13-25-21-31(19-22-8-3-1-4-9-22)30-28(25)24-12-7-17-29-18-24/h1-13,16-18,21,26H,14-15,19-20H2. The van der Waals surface area contributed by atoms with Gasteiger partial charge in [-0.1, -0.05) is 60.7 Å². The van der Waals surface area contributed by atoms with Crippen molar-refractivity contribution in [1.29, 1.82) is 0 Å². The number of amides is 1. The predicted molar refractivity (Wildman–Crippen MR) is 130 cm³/mol. The SMILES string of the molecule is O=C(C=Cc1cn(Cc2ccccc2)nc1-c1cccnc1)N(Cc1ccccc1)C1CC1. The summed E-state index contributed by atoms with van der Waals surface area (Å²) in [4.78, 5) is 19.4. The number of benzene rings is 2. The molecule has 0 bridgehead atoms. The highest BCUT2D eigenvalue weighted by Gasteiger charge is 2.31. The number of pyridine rings is 1. The van der Waals surface area contributed by atoms with E-state index in [9.17, 15) is 4.79 Å². The van der Waals surface area contributed by atoms with Gasteiger partial charge in [0.1, 0.15) is 5.69 Å². The van der Waals surface area contributed by atoms with Crippen LogP contribution in [0.15, 0.2) is 97.5 Å². The minimum absolute atomic E-state index is 0.0364. The van der Waals surface area contributed by atoms with Gasteiger partial charge < -0.3 is 4.90 Å². The minimum Gasteiger partial charge on any atom is -0.332 e. The molecule has 2 aromatic carbocycles. The maximum absolute atomic E-state index is 13.1. The van der Waals surface area contributed by atoms with Crippen molar-refractivity contribution in [2.75, 3.05) is 0 Å². The molecule has 2 aromatic heterocycles. The Morgan fingerprint density at radius 1 is 0.970 bits per heavy atom. The monoisotopic (exact) mass is 434 g/mol. The number of carbonyl (C=O) groups is 1. The Morgan fingerprint density at radius 2 is 1.70 bits per heavy atom. The van der Waals surface area contributed by atoms with Crippen LogP contribution in [0.4, 0.5) is 0 Å². The van der Waals surface area contributed by atoms with E-state index in [0.29, 0.717) is 19.1 Å². The maximum atomic E-state index is 13.1. The van der Waals surface area contributed by atoms with Crippen molar-refractivity contribution in [2.24, 2.45) is 0 Å². The molecular weight excluding hydrogens is 408 g/mol. The van der Waals surface area contributed by atoms with Crippen LogP contribution in [-0.2, 0) is 17.9 Å². The van der Waals surface area contributed by atoms with Crippen molar-refractivity contribution in [1.82, 2.24) is 19.7 Å². The second kappa shape index (κ2) is 9.65. The molecule has 5 heteroatoms. The Bertz CT molecular complexity index is 1230. The largest absolute Gasteiger partial charge is 0.332 e. The van der Waals surface area contributed by atoms with Gasteiger partial charge in [-0.2, -0.15) is 5.10 Å². The molecule has 1 fully saturated rings. The Hall–Kier alpha value is -3.99. The normalized spacial score (nSPS) is 13.3. The molecule has 4 aromatic rings. The van der Waals surface area contributed by atoms with Gasteiger partial charge in [0, 0.05) is 48.4 Å². The zero-order valence-electron chi connectivity index (χ0n) is 18.4. The van der Waals surface area contributed by atoms with E-state index in [1.807, 2.05) is 70.4 Å². The first kappa shape index (κ1) is 20.9. The van der Waals surface area contributed by atoms with Crippen LogP contribution >= 0.6 is 0 Å². The third kappa shape index (κ3) is 5.26. The van der Waals surface area contributed by atoms with E-state index >= 15 is 0 Å². The van der Waals surface area contributed by atoms with Crippen LogP contribution in [0.2, 0.25) is 0 Å². The Morgan fingerprint density at radius 3 is 2.36 bits per heavy atom. The molecule has 1 amide bonds. The summed E-state index contributed by atoms with van der Waals surface area (Å²) in [5, 5.41) is 4.81. The Balaban J connectivity index is 1.40. The molecule has 5 rings (SSSR count). The average Bonchev–Trinajstić information content (AvgIpc) is 3.63. The summed E-state index contributed by atoms with van der Waals surface area (Å²) >= 11 is 0. The van der Waals surface area contributed by atoms with Crippen LogP contribution in [-0.4, -0.2) is 31.6 Å². The summed E-state index contributed by atoms with van der Waals surface area (Å²) in [5.74, 6) is 0.0364. The zero-order chi connectivity index (χ0) is 22.5. The van der Waals surface area contributed by atoms with Crippen molar-refractivity contribution in [2.45, 2.75) is 32.0 Å². The van der Waals surface area contributed by atoms with E-state index in [2.05, 4.69) is 29.2 Å². The fourth-order valence-corrected chi connectivity index (χ4v) is 3.95. The maximum Gasteiger partial charge on any atom is 0.247 e. The zero-order valence-corrected chi connectivity index (χ0v) is 18.4. The summed E-state index contributed by atoms with van der Waals surface area (Å²) in [6.45, 7) is 1.30. The Labute approximate surface area is 194 Å². The van der Waals surface area contributed by atoms with Crippen molar-refractivity contribution in [3.05, 3.63) is 114 Å². The fourth-order valence-electron chi connectivity index (χ4n) is 3.95. The molecular formula is C28H26N4O. The molecule has 5 nitrogen and oxygen atoms in total. The molecule has 0 aliphatic heterocycles. The van der Waals surface area contributed by atoms with Crippen LogP contribution in [0.5, 0.6) is 0 Å². The summed E-state index contributed by atoms with van der Waals surface area (Å²) in [6, 6.07) is 24.6. The molecule has 1 aliphatic carbocycles. The van der Waals surface area contributed by atoms with Gasteiger partial charge in [0.25, 0.3) is 0 Å². The molecule has 0 atom stereocenters. The van der Waals surface area contributed by atoms with Gasteiger partial charge in [-0.25, -0.2) is 0 Å². The minimum atomic E-state index is 0.0364. The molecule has 0 radical (unpaired) electrons. The average molecular weight is 435 g/mol. The number of carbonyl (C=O) groups excluding carboxylic acids is 1. The number of hydrogen-bond acceptors (Lipinski definition) is 3. The summed E-state index contributed by atoms with van der Waals surface area (Å²) in [5.41, 5.74) is 4.98. The summed E-state index contributed by atoms with van der Waals surface area (Å²) in [7, 11) is 0. The van der Waals surface area contributed by atoms with Crippen LogP contribution in [0.3, 0.4) is 0 Å². The molecule has 0 spiro atoms. The van der Waals surface area contributed by atoms with Crippen molar-refractivity contribution in [3.63, 3.8) is 0 Å². The smallest absolute Gasteiger partial charge is 0.247 e. The fraction of sp³-hybridized carbons (Fsp3) is 0.179. The van der Waals surface area contributed by atoms with Gasteiger partial charge in [-0.05, 0) is 42.2 Å². The highest BCUT2D eigenvalue weighted by molar-refractivity contribution is 5.93. The van der Waals surface area contributed by atoms with Crippen molar-refractivity contribution in [3.8, 4) is 11.3 Å². The predicted octanol–water partition coefficient (Wildman–Crippen LogP) is 5.20. The first-order valence-corrected chi connectivity index (χ1v) is 11.3. The van der Waals surface area contributed by atoms with E-state index in [1.165, 1.54) is 5.56 Å². The van der Waals surface area contributed by atoms with Crippen LogP contribution < -0.4 is 0 Å². The number of aromatic nitrogens is 3. The first-order chi connectivity index (χ1) is 16.3. The van der Waals surface area contributed by atoms with Gasteiger partial charge in [-0.15, -0.1) is 0 Å². The highest BCUT2D eigenvalue weighted by Crippen LogP contribution is 2.29. The molecule has 0 saturated heterocycles. The lowest BCUT2D eigenvalue weighted by molar-refractivity contribution is -0.127. The second-order valence-corrected chi connectivity index (χ2v) is 8.37. The van der Waals surface area contributed by atoms with E-state index in [1.54, 1.807) is 18.5 Å². The van der Waals surface area contributed by atoms with E-state index < -0.39 is 0 Å². The molecule has 1 aliphatic rings. The van der Waals surface area contributed by atoms with Gasteiger partial charge >= 0.3 is 0 Å². The van der Waals surface area contributed by atoms with E-state index in [0.717, 1.165) is 35.2 Å². The number of rotatable bonds is 8. The topological polar surface area (TPSA) is 51.0 Å². The van der Waals surface area contributed by atoms with E-state index in [4.69, 9.17) is 5.10 Å². The van der Waals surface area contributed by atoms with Crippen LogP contribution in [0.1, 0.15) is 29.5 Å². The number of nitrogens with zero attached hydrogens (tertiary/aromatic N) is 4.